The molecule has 1 atom stereocenters. The molecule has 1 aromatic rings. The smallest absolute Gasteiger partial charge is 0.251 e. The summed E-state index contributed by atoms with van der Waals surface area (Å²) in [5, 5.41) is 3.17. The Balaban J connectivity index is 0.00000180. The first-order chi connectivity index (χ1) is 8.61. The van der Waals surface area contributed by atoms with E-state index in [0.717, 1.165) is 0 Å². The molecule has 1 aliphatic heterocycles. The number of carbonyl (C=O) groups excluding carboxylic acids is 1. The van der Waals surface area contributed by atoms with Crippen LogP contribution in [0.25, 0.3) is 0 Å². The molecule has 7 heteroatoms. The van der Waals surface area contributed by atoms with Crippen LogP contribution in [0.2, 0.25) is 5.02 Å². The Morgan fingerprint density at radius 2 is 2.26 bits per heavy atom. The fourth-order valence-electron chi connectivity index (χ4n) is 1.55. The van der Waals surface area contributed by atoms with Crippen LogP contribution in [-0.4, -0.2) is 25.8 Å². The van der Waals surface area contributed by atoms with Crippen molar-refractivity contribution in [3.63, 3.8) is 0 Å². The second kappa shape index (κ2) is 6.84. The lowest BCUT2D eigenvalue weighted by Crippen LogP contribution is -2.31. The molecule has 0 saturated carbocycles. The Hall–Kier alpha value is -1.17. The van der Waals surface area contributed by atoms with E-state index in [1.165, 1.54) is 0 Å². The maximum Gasteiger partial charge on any atom is 0.251 e. The van der Waals surface area contributed by atoms with Gasteiger partial charge in [-0.2, -0.15) is 0 Å². The van der Waals surface area contributed by atoms with E-state index in [1.807, 2.05) is 6.92 Å². The average Bonchev–Trinajstić information content (AvgIpc) is 2.84. The van der Waals surface area contributed by atoms with Gasteiger partial charge in [-0.05, 0) is 24.6 Å². The molecule has 3 N–H and O–H groups in total. The fraction of sp³-hybridized carbons (Fsp3) is 0.417. The zero-order chi connectivity index (χ0) is 13.1. The van der Waals surface area contributed by atoms with Crippen LogP contribution in [0, 0.1) is 5.92 Å². The molecule has 1 aromatic carbocycles. The molecule has 106 valence electrons. The minimum absolute atomic E-state index is 0. The Bertz CT molecular complexity index is 469. The highest BCUT2D eigenvalue weighted by molar-refractivity contribution is 6.32. The van der Waals surface area contributed by atoms with Gasteiger partial charge in [-0.15, -0.1) is 12.4 Å². The molecule has 0 aromatic heterocycles. The number of amides is 1. The normalized spacial score (nSPS) is 13.6. The summed E-state index contributed by atoms with van der Waals surface area (Å²) in [6, 6.07) is 3.19. The molecule has 2 rings (SSSR count). The molecule has 0 radical (unpaired) electrons. The van der Waals surface area contributed by atoms with Crippen molar-refractivity contribution in [1.29, 1.82) is 0 Å². The number of rotatable bonds is 4. The van der Waals surface area contributed by atoms with Gasteiger partial charge in [0.05, 0.1) is 5.02 Å². The van der Waals surface area contributed by atoms with Crippen molar-refractivity contribution in [2.24, 2.45) is 11.7 Å². The van der Waals surface area contributed by atoms with Crippen molar-refractivity contribution in [2.75, 3.05) is 19.9 Å². The van der Waals surface area contributed by atoms with Crippen LogP contribution < -0.4 is 20.5 Å². The third kappa shape index (κ3) is 3.65. The van der Waals surface area contributed by atoms with E-state index in [4.69, 9.17) is 26.8 Å². The van der Waals surface area contributed by atoms with E-state index in [1.54, 1.807) is 12.1 Å². The maximum atomic E-state index is 11.9. The number of hydrogen-bond acceptors (Lipinski definition) is 4. The topological polar surface area (TPSA) is 73.6 Å². The summed E-state index contributed by atoms with van der Waals surface area (Å²) < 4.78 is 10.4. The largest absolute Gasteiger partial charge is 0.454 e. The van der Waals surface area contributed by atoms with Crippen molar-refractivity contribution in [3.8, 4) is 11.5 Å². The van der Waals surface area contributed by atoms with Gasteiger partial charge in [0.2, 0.25) is 6.79 Å². The Morgan fingerprint density at radius 1 is 1.53 bits per heavy atom. The number of fused-ring (bicyclic) bond motifs is 1. The molecule has 0 fully saturated rings. The van der Waals surface area contributed by atoms with Gasteiger partial charge < -0.3 is 20.5 Å². The van der Waals surface area contributed by atoms with Crippen LogP contribution in [0.5, 0.6) is 11.5 Å². The van der Waals surface area contributed by atoms with Crippen molar-refractivity contribution < 1.29 is 14.3 Å². The molecule has 5 nitrogen and oxygen atoms in total. The van der Waals surface area contributed by atoms with Gasteiger partial charge in [0.15, 0.2) is 11.5 Å². The molecule has 1 amide bonds. The number of halogens is 2. The quantitative estimate of drug-likeness (QED) is 0.890. The van der Waals surface area contributed by atoms with Crippen molar-refractivity contribution in [1.82, 2.24) is 5.32 Å². The minimum atomic E-state index is -0.199. The first-order valence-electron chi connectivity index (χ1n) is 5.69. The van der Waals surface area contributed by atoms with Crippen LogP contribution >= 0.6 is 24.0 Å². The van der Waals surface area contributed by atoms with Gasteiger partial charge in [-0.3, -0.25) is 4.79 Å². The van der Waals surface area contributed by atoms with Crippen LogP contribution in [0.1, 0.15) is 17.3 Å². The zero-order valence-corrected chi connectivity index (χ0v) is 12.0. The first kappa shape index (κ1) is 15.9. The van der Waals surface area contributed by atoms with E-state index in [9.17, 15) is 4.79 Å². The van der Waals surface area contributed by atoms with E-state index in [2.05, 4.69) is 5.32 Å². The first-order valence-corrected chi connectivity index (χ1v) is 6.07. The summed E-state index contributed by atoms with van der Waals surface area (Å²) in [7, 11) is 0. The second-order valence-electron chi connectivity index (χ2n) is 4.24. The highest BCUT2D eigenvalue weighted by Gasteiger charge is 2.20. The lowest BCUT2D eigenvalue weighted by molar-refractivity contribution is 0.0948. The van der Waals surface area contributed by atoms with Crippen LogP contribution in [0.4, 0.5) is 0 Å². The number of carbonyl (C=O) groups is 1. The third-order valence-corrected chi connectivity index (χ3v) is 2.98. The highest BCUT2D eigenvalue weighted by atomic mass is 35.5. The minimum Gasteiger partial charge on any atom is -0.454 e. The van der Waals surface area contributed by atoms with E-state index in [-0.39, 0.29) is 31.0 Å². The Kier molecular flexibility index (Phi) is 5.72. The molecule has 0 saturated heterocycles. The van der Waals surface area contributed by atoms with Gasteiger partial charge in [0, 0.05) is 12.1 Å². The van der Waals surface area contributed by atoms with Crippen molar-refractivity contribution in [2.45, 2.75) is 6.92 Å². The predicted molar refractivity (Wildman–Crippen MR) is 75.4 cm³/mol. The van der Waals surface area contributed by atoms with Crippen LogP contribution in [-0.2, 0) is 0 Å². The number of hydrogen-bond donors (Lipinski definition) is 2. The van der Waals surface area contributed by atoms with E-state index < -0.39 is 0 Å². The molecular formula is C12H16Cl2N2O3. The summed E-state index contributed by atoms with van der Waals surface area (Å²) in [5.74, 6) is 1.02. The maximum absolute atomic E-state index is 11.9. The predicted octanol–water partition coefficient (Wildman–Crippen LogP) is 1.82. The van der Waals surface area contributed by atoms with Gasteiger partial charge in [-0.25, -0.2) is 0 Å². The van der Waals surface area contributed by atoms with Gasteiger partial charge in [-0.1, -0.05) is 18.5 Å². The molecular weight excluding hydrogens is 291 g/mol. The van der Waals surface area contributed by atoms with Crippen LogP contribution in [0.15, 0.2) is 12.1 Å². The fourth-order valence-corrected chi connectivity index (χ4v) is 1.82. The molecule has 19 heavy (non-hydrogen) atoms. The number of ether oxygens (including phenoxy) is 2. The molecule has 1 unspecified atom stereocenters. The van der Waals surface area contributed by atoms with Crippen molar-refractivity contribution in [3.05, 3.63) is 22.7 Å². The summed E-state index contributed by atoms with van der Waals surface area (Å²) in [6.45, 7) is 3.15. The Morgan fingerprint density at radius 3 is 2.95 bits per heavy atom. The second-order valence-corrected chi connectivity index (χ2v) is 4.65. The number of nitrogens with two attached hydrogens (primary N) is 1. The molecule has 1 heterocycles. The molecule has 0 spiro atoms. The summed E-state index contributed by atoms with van der Waals surface area (Å²) in [4.78, 5) is 11.9. The lowest BCUT2D eigenvalue weighted by Gasteiger charge is -2.10. The lowest BCUT2D eigenvalue weighted by atomic mass is 10.1. The number of benzene rings is 1. The molecule has 0 bridgehead atoms. The van der Waals surface area contributed by atoms with Crippen LogP contribution in [0.3, 0.4) is 0 Å². The van der Waals surface area contributed by atoms with Crippen molar-refractivity contribution >= 4 is 29.9 Å². The molecule has 0 aliphatic carbocycles. The van der Waals surface area contributed by atoms with E-state index in [0.29, 0.717) is 35.2 Å². The number of nitrogens with one attached hydrogen (secondary N) is 1. The van der Waals surface area contributed by atoms with E-state index >= 15 is 0 Å². The summed E-state index contributed by atoms with van der Waals surface area (Å²) in [6.07, 6.45) is 0. The monoisotopic (exact) mass is 306 g/mol. The summed E-state index contributed by atoms with van der Waals surface area (Å²) >= 11 is 6.00. The van der Waals surface area contributed by atoms with Gasteiger partial charge in [0.25, 0.3) is 5.91 Å². The SMILES string of the molecule is CC(CN)CNC(=O)c1cc(Cl)c2c(c1)OCO2.Cl. The average molecular weight is 307 g/mol. The zero-order valence-electron chi connectivity index (χ0n) is 10.4. The standard InChI is InChI=1S/C12H15ClN2O3.ClH/c1-7(4-14)5-15-12(16)8-2-9(13)11-10(3-8)17-6-18-11;/h2-3,7H,4-6,14H2,1H3,(H,15,16);1H. The Labute approximate surface area is 122 Å². The van der Waals surface area contributed by atoms with Gasteiger partial charge in [0.1, 0.15) is 0 Å². The third-order valence-electron chi connectivity index (χ3n) is 2.70. The highest BCUT2D eigenvalue weighted by Crippen LogP contribution is 2.39. The van der Waals surface area contributed by atoms with Gasteiger partial charge >= 0.3 is 0 Å². The molecule has 1 aliphatic rings. The summed E-state index contributed by atoms with van der Waals surface area (Å²) in [5.41, 5.74) is 5.94.